The van der Waals surface area contributed by atoms with Gasteiger partial charge in [0, 0.05) is 29.1 Å². The van der Waals surface area contributed by atoms with Crippen LogP contribution in [0.2, 0.25) is 0 Å². The number of phenols is 1. The molecule has 0 spiro atoms. The SMILES string of the molecule is Oc1ccc(C2Nc3ccccc3C3=CC(Nc4ccc5c(c4)OCCO5)=NCN32)cc1. The fraction of sp³-hybridized carbons (Fsp3) is 0.160. The second-order valence-electron chi connectivity index (χ2n) is 7.85. The summed E-state index contributed by atoms with van der Waals surface area (Å²) in [7, 11) is 0. The highest BCUT2D eigenvalue weighted by Crippen LogP contribution is 2.41. The lowest BCUT2D eigenvalue weighted by atomic mass is 10.00. The molecule has 3 aromatic rings. The smallest absolute Gasteiger partial charge is 0.163 e. The third-order valence-corrected chi connectivity index (χ3v) is 5.81. The number of rotatable bonds is 2. The molecule has 3 aliphatic heterocycles. The lowest BCUT2D eigenvalue weighted by molar-refractivity contribution is 0.171. The molecule has 1 unspecified atom stereocenters. The van der Waals surface area contributed by atoms with Crippen molar-refractivity contribution in [1.82, 2.24) is 4.90 Å². The van der Waals surface area contributed by atoms with E-state index in [1.54, 1.807) is 12.1 Å². The zero-order valence-corrected chi connectivity index (χ0v) is 17.3. The maximum absolute atomic E-state index is 9.70. The van der Waals surface area contributed by atoms with Crippen LogP contribution in [0.5, 0.6) is 17.2 Å². The van der Waals surface area contributed by atoms with Crippen molar-refractivity contribution in [2.75, 3.05) is 30.5 Å². The number of nitrogens with one attached hydrogen (secondary N) is 2. The number of benzene rings is 3. The minimum atomic E-state index is -0.0867. The van der Waals surface area contributed by atoms with Crippen molar-refractivity contribution in [3.63, 3.8) is 0 Å². The van der Waals surface area contributed by atoms with Gasteiger partial charge in [0.05, 0.1) is 5.70 Å². The Kier molecular flexibility index (Phi) is 4.38. The first-order chi connectivity index (χ1) is 15.7. The first kappa shape index (κ1) is 18.6. The molecule has 3 N–H and O–H groups in total. The molecule has 0 aromatic heterocycles. The number of aromatic hydroxyl groups is 1. The molecule has 32 heavy (non-hydrogen) atoms. The van der Waals surface area contributed by atoms with Crippen molar-refractivity contribution in [3.8, 4) is 17.2 Å². The van der Waals surface area contributed by atoms with Crippen molar-refractivity contribution in [1.29, 1.82) is 0 Å². The molecule has 7 heteroatoms. The summed E-state index contributed by atoms with van der Waals surface area (Å²) in [4.78, 5) is 7.01. The van der Waals surface area contributed by atoms with Gasteiger partial charge in [-0.15, -0.1) is 0 Å². The molecule has 1 atom stereocenters. The largest absolute Gasteiger partial charge is 0.508 e. The van der Waals surface area contributed by atoms with Crippen LogP contribution < -0.4 is 20.1 Å². The van der Waals surface area contributed by atoms with Gasteiger partial charge >= 0.3 is 0 Å². The van der Waals surface area contributed by atoms with Crippen molar-refractivity contribution >= 4 is 22.9 Å². The van der Waals surface area contributed by atoms with Crippen LogP contribution >= 0.6 is 0 Å². The number of para-hydroxylation sites is 1. The van der Waals surface area contributed by atoms with Crippen LogP contribution in [0.15, 0.2) is 77.8 Å². The van der Waals surface area contributed by atoms with Gasteiger partial charge in [0.2, 0.25) is 0 Å². The summed E-state index contributed by atoms with van der Waals surface area (Å²) in [6.07, 6.45) is 1.99. The van der Waals surface area contributed by atoms with E-state index >= 15 is 0 Å². The fourth-order valence-corrected chi connectivity index (χ4v) is 4.26. The lowest BCUT2D eigenvalue weighted by Gasteiger charge is -2.42. The highest BCUT2D eigenvalue weighted by Gasteiger charge is 2.32. The lowest BCUT2D eigenvalue weighted by Crippen LogP contribution is -2.39. The number of amidine groups is 1. The van der Waals surface area contributed by atoms with Gasteiger partial charge in [-0.1, -0.05) is 30.3 Å². The summed E-state index contributed by atoms with van der Waals surface area (Å²) >= 11 is 0. The summed E-state index contributed by atoms with van der Waals surface area (Å²) in [5, 5.41) is 16.7. The summed E-state index contributed by atoms with van der Waals surface area (Å²) in [6, 6.07) is 21.4. The van der Waals surface area contributed by atoms with Gasteiger partial charge in [-0.2, -0.15) is 0 Å². The van der Waals surface area contributed by atoms with Gasteiger partial charge in [-0.3, -0.25) is 0 Å². The van der Waals surface area contributed by atoms with E-state index < -0.39 is 0 Å². The number of fused-ring (bicyclic) bond motifs is 4. The highest BCUT2D eigenvalue weighted by atomic mass is 16.6. The molecule has 3 aliphatic rings. The Bertz CT molecular complexity index is 1240. The van der Waals surface area contributed by atoms with Crippen LogP contribution in [0, 0.1) is 0 Å². The molecule has 0 amide bonds. The number of phenolic OH excluding ortho intramolecular Hbond substituents is 1. The van der Waals surface area contributed by atoms with E-state index in [1.165, 1.54) is 0 Å². The number of anilines is 2. The number of hydrogen-bond acceptors (Lipinski definition) is 7. The number of nitrogens with zero attached hydrogens (tertiary/aromatic N) is 2. The van der Waals surface area contributed by atoms with Gasteiger partial charge in [-0.25, -0.2) is 4.99 Å². The third-order valence-electron chi connectivity index (χ3n) is 5.81. The molecular formula is C25H22N4O3. The van der Waals surface area contributed by atoms with Crippen LogP contribution in [0.1, 0.15) is 17.3 Å². The molecule has 0 aliphatic carbocycles. The zero-order chi connectivity index (χ0) is 21.5. The Labute approximate surface area is 185 Å². The average molecular weight is 426 g/mol. The van der Waals surface area contributed by atoms with Gasteiger partial charge in [-0.05, 0) is 35.9 Å². The average Bonchev–Trinajstić information content (AvgIpc) is 2.84. The predicted octanol–water partition coefficient (Wildman–Crippen LogP) is 4.41. The highest BCUT2D eigenvalue weighted by molar-refractivity contribution is 6.09. The Balaban J connectivity index is 1.33. The quantitative estimate of drug-likeness (QED) is 0.563. The van der Waals surface area contributed by atoms with Crippen molar-refractivity contribution < 1.29 is 14.6 Å². The van der Waals surface area contributed by atoms with E-state index in [0.29, 0.717) is 19.9 Å². The zero-order valence-electron chi connectivity index (χ0n) is 17.3. The molecule has 6 rings (SSSR count). The molecule has 3 aromatic carbocycles. The van der Waals surface area contributed by atoms with Crippen LogP contribution in [-0.4, -0.2) is 35.7 Å². The normalized spacial score (nSPS) is 18.5. The molecule has 0 radical (unpaired) electrons. The standard InChI is InChI=1S/C25H22N4O3/c30-18-8-5-16(6-9-18)25-28-20-4-2-1-3-19(20)21-14-24(26-15-29(21)25)27-17-7-10-22-23(13-17)32-12-11-31-22/h1-10,13-14,25,28,30H,11-12,15H2,(H,26,27). The van der Waals surface area contributed by atoms with Gasteiger partial charge in [0.25, 0.3) is 0 Å². The van der Waals surface area contributed by atoms with Gasteiger partial charge < -0.3 is 30.1 Å². The molecule has 0 bridgehead atoms. The van der Waals surface area contributed by atoms with Gasteiger partial charge in [0.1, 0.15) is 37.6 Å². The van der Waals surface area contributed by atoms with Crippen LogP contribution in [0.3, 0.4) is 0 Å². The van der Waals surface area contributed by atoms with Gasteiger partial charge in [0.15, 0.2) is 11.5 Å². The number of hydrogen-bond donors (Lipinski definition) is 3. The molecular weight excluding hydrogens is 404 g/mol. The Morgan fingerprint density at radius 3 is 2.66 bits per heavy atom. The summed E-state index contributed by atoms with van der Waals surface area (Å²) < 4.78 is 11.3. The maximum atomic E-state index is 9.70. The predicted molar refractivity (Wildman–Crippen MR) is 124 cm³/mol. The topological polar surface area (TPSA) is 78.3 Å². The van der Waals surface area contributed by atoms with E-state index in [0.717, 1.165) is 45.5 Å². The first-order valence-corrected chi connectivity index (χ1v) is 10.6. The van der Waals surface area contributed by atoms with Crippen LogP contribution in [0.25, 0.3) is 5.70 Å². The Morgan fingerprint density at radius 1 is 0.969 bits per heavy atom. The molecule has 160 valence electrons. The molecule has 0 fully saturated rings. The van der Waals surface area contributed by atoms with Crippen molar-refractivity contribution in [3.05, 3.63) is 83.9 Å². The monoisotopic (exact) mass is 426 g/mol. The number of aliphatic imine (C=N–C) groups is 1. The number of ether oxygens (including phenoxy) is 2. The Morgan fingerprint density at radius 2 is 1.78 bits per heavy atom. The second kappa shape index (κ2) is 7.53. The van der Waals surface area contributed by atoms with E-state index in [1.807, 2.05) is 42.5 Å². The second-order valence-corrected chi connectivity index (χ2v) is 7.85. The molecule has 0 saturated carbocycles. The van der Waals surface area contributed by atoms with E-state index in [9.17, 15) is 5.11 Å². The fourth-order valence-electron chi connectivity index (χ4n) is 4.26. The first-order valence-electron chi connectivity index (χ1n) is 10.6. The van der Waals surface area contributed by atoms with E-state index in [4.69, 9.17) is 14.5 Å². The Hall–Kier alpha value is -4.13. The molecule has 0 saturated heterocycles. The van der Waals surface area contributed by atoms with Crippen molar-refractivity contribution in [2.45, 2.75) is 6.17 Å². The summed E-state index contributed by atoms with van der Waals surface area (Å²) in [5.74, 6) is 2.55. The maximum Gasteiger partial charge on any atom is 0.163 e. The third kappa shape index (κ3) is 3.28. The van der Waals surface area contributed by atoms with E-state index in [-0.39, 0.29) is 11.9 Å². The van der Waals surface area contributed by atoms with E-state index in [2.05, 4.69) is 33.7 Å². The van der Waals surface area contributed by atoms with Crippen LogP contribution in [0.4, 0.5) is 11.4 Å². The minimum absolute atomic E-state index is 0.0867. The van der Waals surface area contributed by atoms with Crippen molar-refractivity contribution in [2.24, 2.45) is 4.99 Å². The van der Waals surface area contributed by atoms with Crippen LogP contribution in [-0.2, 0) is 0 Å². The molecule has 7 nitrogen and oxygen atoms in total. The molecule has 3 heterocycles. The summed E-state index contributed by atoms with van der Waals surface area (Å²) in [5.41, 5.74) is 5.23. The summed E-state index contributed by atoms with van der Waals surface area (Å²) in [6.45, 7) is 1.62. The minimum Gasteiger partial charge on any atom is -0.508 e.